The van der Waals surface area contributed by atoms with Crippen LogP contribution in [0.3, 0.4) is 0 Å². The SMILES string of the molecule is CC1(C)c2cc(N(c3ccccc3)c3ccc([Se])c(-c4cccc(-c5ccccc5)c4)c3)ccc2-c2cc3ccc4ccccc4c3cc21. The van der Waals surface area contributed by atoms with Gasteiger partial charge in [0, 0.05) is 0 Å². The van der Waals surface area contributed by atoms with Crippen LogP contribution in [0.15, 0.2) is 170 Å². The van der Waals surface area contributed by atoms with Gasteiger partial charge in [-0.05, 0) is 10.8 Å². The average molecular weight is 692 g/mol. The fraction of sp³-hybridized carbons (Fsp3) is 0.0638. The molecule has 0 amide bonds. The van der Waals surface area contributed by atoms with E-state index < -0.39 is 0 Å². The van der Waals surface area contributed by atoms with E-state index in [9.17, 15) is 0 Å². The third kappa shape index (κ3) is 4.99. The van der Waals surface area contributed by atoms with Crippen LogP contribution in [0.1, 0.15) is 25.0 Å². The molecule has 1 nitrogen and oxygen atoms in total. The van der Waals surface area contributed by atoms with E-state index in [1.807, 2.05) is 0 Å². The van der Waals surface area contributed by atoms with Crippen molar-refractivity contribution in [1.29, 1.82) is 0 Å². The zero-order valence-electron chi connectivity index (χ0n) is 27.5. The Kier molecular flexibility index (Phi) is 7.06. The predicted octanol–water partition coefficient (Wildman–Crippen LogP) is 11.9. The van der Waals surface area contributed by atoms with Gasteiger partial charge in [0.2, 0.25) is 0 Å². The number of nitrogens with zero attached hydrogens (tertiary/aromatic N) is 1. The standard InChI is InChI=1S/C47H34NSe/c1-47(2)44-29-38(22-24-40(44)43-27-35-21-20-32-14-9-10-19-39(32)41(35)30-45(43)47)48(36-17-7-4-8-18-36)37-23-25-46(49)42(28-37)34-16-11-15-33(26-34)31-12-5-3-6-13-31/h3-30H,1-2H3. The van der Waals surface area contributed by atoms with Crippen molar-refractivity contribution in [2.24, 2.45) is 0 Å². The molecule has 0 fully saturated rings. The summed E-state index contributed by atoms with van der Waals surface area (Å²) in [5, 5.41) is 5.21. The zero-order valence-corrected chi connectivity index (χ0v) is 29.2. The molecule has 49 heavy (non-hydrogen) atoms. The number of para-hydroxylation sites is 1. The third-order valence-electron chi connectivity index (χ3n) is 10.3. The van der Waals surface area contributed by atoms with Gasteiger partial charge in [-0.15, -0.1) is 0 Å². The summed E-state index contributed by atoms with van der Waals surface area (Å²) in [5.74, 6) is 0. The Morgan fingerprint density at radius 2 is 1.06 bits per heavy atom. The van der Waals surface area contributed by atoms with Crippen LogP contribution in [0, 0.1) is 0 Å². The quantitative estimate of drug-likeness (QED) is 0.128. The maximum atomic E-state index is 3.33. The van der Waals surface area contributed by atoms with E-state index in [0.717, 1.165) is 21.5 Å². The van der Waals surface area contributed by atoms with Crippen molar-refractivity contribution in [3.63, 3.8) is 0 Å². The van der Waals surface area contributed by atoms with Gasteiger partial charge in [-0.3, -0.25) is 0 Å². The predicted molar refractivity (Wildman–Crippen MR) is 210 cm³/mol. The molecule has 0 aliphatic heterocycles. The van der Waals surface area contributed by atoms with Crippen molar-refractivity contribution < 1.29 is 0 Å². The summed E-state index contributed by atoms with van der Waals surface area (Å²) in [6, 6.07) is 62.1. The molecule has 0 bridgehead atoms. The van der Waals surface area contributed by atoms with E-state index in [-0.39, 0.29) is 5.41 Å². The van der Waals surface area contributed by atoms with Crippen molar-refractivity contribution in [1.82, 2.24) is 0 Å². The Balaban J connectivity index is 1.18. The summed E-state index contributed by atoms with van der Waals surface area (Å²) >= 11 is 3.33. The van der Waals surface area contributed by atoms with Crippen molar-refractivity contribution in [3.8, 4) is 33.4 Å². The molecule has 2 heteroatoms. The second-order valence-electron chi connectivity index (χ2n) is 13.6. The first-order chi connectivity index (χ1) is 24.0. The normalized spacial score (nSPS) is 12.9. The first-order valence-electron chi connectivity index (χ1n) is 16.9. The Morgan fingerprint density at radius 1 is 0.408 bits per heavy atom. The van der Waals surface area contributed by atoms with Crippen LogP contribution in [-0.2, 0) is 5.41 Å². The molecule has 8 aromatic carbocycles. The first-order valence-corrected chi connectivity index (χ1v) is 17.7. The Morgan fingerprint density at radius 3 is 1.90 bits per heavy atom. The number of hydrogen-bond donors (Lipinski definition) is 0. The summed E-state index contributed by atoms with van der Waals surface area (Å²) in [6.45, 7) is 4.76. The van der Waals surface area contributed by atoms with Crippen LogP contribution in [-0.4, -0.2) is 16.0 Å². The van der Waals surface area contributed by atoms with Gasteiger partial charge in [0.15, 0.2) is 0 Å². The number of benzene rings is 8. The summed E-state index contributed by atoms with van der Waals surface area (Å²) in [6.07, 6.45) is 0. The molecule has 9 rings (SSSR count). The van der Waals surface area contributed by atoms with Crippen LogP contribution in [0.2, 0.25) is 0 Å². The zero-order chi connectivity index (χ0) is 33.1. The Hall–Kier alpha value is -5.40. The summed E-state index contributed by atoms with van der Waals surface area (Å²) < 4.78 is 1.13. The molecule has 8 aromatic rings. The topological polar surface area (TPSA) is 3.24 Å². The van der Waals surface area contributed by atoms with Gasteiger partial charge in [-0.1, -0.05) is 36.4 Å². The second kappa shape index (κ2) is 11.6. The minimum atomic E-state index is -0.153. The van der Waals surface area contributed by atoms with Crippen LogP contribution >= 0.6 is 0 Å². The van der Waals surface area contributed by atoms with Gasteiger partial charge in [-0.2, -0.15) is 0 Å². The number of rotatable bonds is 5. The van der Waals surface area contributed by atoms with Gasteiger partial charge in [0.1, 0.15) is 0 Å². The summed E-state index contributed by atoms with van der Waals surface area (Å²) in [7, 11) is 0. The van der Waals surface area contributed by atoms with Crippen molar-refractivity contribution >= 4 is 59.1 Å². The fourth-order valence-corrected chi connectivity index (χ4v) is 8.28. The molecule has 0 N–H and O–H groups in total. The minimum absolute atomic E-state index is 0.153. The molecule has 1 radical (unpaired) electrons. The molecule has 0 spiro atoms. The van der Waals surface area contributed by atoms with Crippen molar-refractivity contribution in [2.75, 3.05) is 4.90 Å². The van der Waals surface area contributed by atoms with Crippen LogP contribution < -0.4 is 9.36 Å². The van der Waals surface area contributed by atoms with E-state index in [0.29, 0.717) is 0 Å². The summed E-state index contributed by atoms with van der Waals surface area (Å²) in [4.78, 5) is 2.40. The van der Waals surface area contributed by atoms with E-state index in [1.54, 1.807) is 0 Å². The molecule has 0 aromatic heterocycles. The molecule has 0 unspecified atom stereocenters. The fourth-order valence-electron chi connectivity index (χ4n) is 7.77. The number of fused-ring (bicyclic) bond motifs is 6. The van der Waals surface area contributed by atoms with Gasteiger partial charge in [-0.25, -0.2) is 0 Å². The van der Waals surface area contributed by atoms with E-state index in [1.165, 1.54) is 66.1 Å². The molecular weight excluding hydrogens is 657 g/mol. The Bertz CT molecular complexity index is 2530. The molecule has 0 heterocycles. The van der Waals surface area contributed by atoms with Gasteiger partial charge < -0.3 is 0 Å². The molecule has 0 atom stereocenters. The molecule has 233 valence electrons. The van der Waals surface area contributed by atoms with Crippen LogP contribution in [0.5, 0.6) is 0 Å². The third-order valence-corrected chi connectivity index (χ3v) is 11.0. The molecule has 1 aliphatic carbocycles. The monoisotopic (exact) mass is 692 g/mol. The van der Waals surface area contributed by atoms with E-state index in [2.05, 4.69) is 205 Å². The van der Waals surface area contributed by atoms with Gasteiger partial charge in [0.05, 0.1) is 0 Å². The van der Waals surface area contributed by atoms with Crippen molar-refractivity contribution in [2.45, 2.75) is 19.3 Å². The maximum absolute atomic E-state index is 3.33. The second-order valence-corrected chi connectivity index (χ2v) is 14.5. The van der Waals surface area contributed by atoms with Gasteiger partial charge in [0.25, 0.3) is 0 Å². The van der Waals surface area contributed by atoms with Crippen LogP contribution in [0.4, 0.5) is 17.1 Å². The van der Waals surface area contributed by atoms with E-state index in [4.69, 9.17) is 0 Å². The van der Waals surface area contributed by atoms with Crippen LogP contribution in [0.25, 0.3) is 54.9 Å². The number of anilines is 3. The molecule has 0 saturated heterocycles. The van der Waals surface area contributed by atoms with E-state index >= 15 is 0 Å². The molecule has 0 saturated carbocycles. The molecule has 1 aliphatic rings. The number of hydrogen-bond acceptors (Lipinski definition) is 1. The summed E-state index contributed by atoms with van der Waals surface area (Å²) in [5.41, 5.74) is 13.5. The van der Waals surface area contributed by atoms with Gasteiger partial charge >= 0.3 is 250 Å². The average Bonchev–Trinajstić information content (AvgIpc) is 3.37. The van der Waals surface area contributed by atoms with Crippen molar-refractivity contribution in [3.05, 3.63) is 181 Å². The Labute approximate surface area is 296 Å². The molecular formula is C47H34NSe. The first kappa shape index (κ1) is 29.7.